The first-order valence-electron chi connectivity index (χ1n) is 10.1. The normalized spacial score (nSPS) is 24.3. The quantitative estimate of drug-likeness (QED) is 0.377. The Balaban J connectivity index is 1.66. The van der Waals surface area contributed by atoms with Crippen molar-refractivity contribution in [2.45, 2.75) is 36.9 Å². The largest absolute Gasteiger partial charge is 0.320 e. The van der Waals surface area contributed by atoms with Gasteiger partial charge in [-0.05, 0) is 45.0 Å². The fraction of sp³-hybridized carbons (Fsp3) is 0.409. The summed E-state index contributed by atoms with van der Waals surface area (Å²) in [6.45, 7) is 8.41. The lowest BCUT2D eigenvalue weighted by Gasteiger charge is -2.29. The zero-order valence-electron chi connectivity index (χ0n) is 17.8. The lowest BCUT2D eigenvalue weighted by molar-refractivity contribution is 0.166. The van der Waals surface area contributed by atoms with Crippen LogP contribution < -0.4 is 9.80 Å². The molecule has 2 aromatic rings. The summed E-state index contributed by atoms with van der Waals surface area (Å²) in [5, 5.41) is 0.393. The van der Waals surface area contributed by atoms with E-state index in [4.69, 9.17) is 13.8 Å². The lowest BCUT2D eigenvalue weighted by atomic mass is 10.0. The maximum atomic E-state index is 6.48. The maximum absolute atomic E-state index is 6.48. The van der Waals surface area contributed by atoms with Crippen LogP contribution in [0, 0.1) is 0 Å². The molecule has 0 aliphatic carbocycles. The summed E-state index contributed by atoms with van der Waals surface area (Å²) in [5.41, 5.74) is 2.25. The smallest absolute Gasteiger partial charge is 0.313 e. The van der Waals surface area contributed by atoms with Crippen LogP contribution in [0.2, 0.25) is 0 Å². The highest BCUT2D eigenvalue weighted by Gasteiger charge is 2.44. The molecule has 0 amide bonds. The van der Waals surface area contributed by atoms with Crippen LogP contribution in [0.5, 0.6) is 0 Å². The molecule has 2 fully saturated rings. The minimum atomic E-state index is -1.42. The van der Waals surface area contributed by atoms with E-state index in [2.05, 4.69) is 79.1 Å². The van der Waals surface area contributed by atoms with Gasteiger partial charge in [-0.25, -0.2) is 0 Å². The molecular weight excluding hydrogens is 433 g/mol. The third-order valence-corrected chi connectivity index (χ3v) is 10.1. The predicted octanol–water partition coefficient (Wildman–Crippen LogP) is 6.19. The first-order valence-corrected chi connectivity index (χ1v) is 13.4. The van der Waals surface area contributed by atoms with Crippen molar-refractivity contribution in [1.29, 1.82) is 0 Å². The van der Waals surface area contributed by atoms with Crippen molar-refractivity contribution >= 4 is 47.4 Å². The third kappa shape index (κ3) is 4.66. The molecule has 4 rings (SSSR count). The average Bonchev–Trinajstić information content (AvgIpc) is 3.30. The summed E-state index contributed by atoms with van der Waals surface area (Å²) in [5.74, 6) is 0.879. The van der Waals surface area contributed by atoms with Crippen LogP contribution >= 0.6 is 30.1 Å². The molecule has 0 aromatic heterocycles. The number of nitrogens with zero attached hydrogens (tertiary/aromatic N) is 3. The van der Waals surface area contributed by atoms with Crippen molar-refractivity contribution in [2.75, 3.05) is 30.0 Å². The van der Waals surface area contributed by atoms with Crippen LogP contribution in [0.25, 0.3) is 0 Å². The second kappa shape index (κ2) is 9.49. The molecule has 30 heavy (non-hydrogen) atoms. The Hall–Kier alpha value is -1.24. The topological polar surface area (TPSA) is 37.3 Å². The van der Waals surface area contributed by atoms with Gasteiger partial charge in [0.25, 0.3) is 0 Å². The average molecular weight is 462 g/mol. The van der Waals surface area contributed by atoms with Gasteiger partial charge in [0, 0.05) is 41.6 Å². The predicted molar refractivity (Wildman–Crippen MR) is 133 cm³/mol. The van der Waals surface area contributed by atoms with Gasteiger partial charge in [-0.15, -0.1) is 0 Å². The van der Waals surface area contributed by atoms with E-state index >= 15 is 0 Å². The van der Waals surface area contributed by atoms with Crippen molar-refractivity contribution in [3.63, 3.8) is 0 Å². The van der Waals surface area contributed by atoms with Gasteiger partial charge in [0.15, 0.2) is 0 Å². The van der Waals surface area contributed by atoms with E-state index in [0.717, 1.165) is 30.4 Å². The van der Waals surface area contributed by atoms with Crippen molar-refractivity contribution in [1.82, 2.24) is 0 Å². The molecule has 160 valence electrons. The summed E-state index contributed by atoms with van der Waals surface area (Å²) in [7, 11) is 4.03. The molecule has 8 heteroatoms. The van der Waals surface area contributed by atoms with E-state index in [1.54, 1.807) is 7.11 Å². The molecule has 2 saturated heterocycles. The Labute approximate surface area is 188 Å². The first-order chi connectivity index (χ1) is 14.5. The highest BCUT2D eigenvalue weighted by atomic mass is 33.1. The molecule has 0 N–H and O–H groups in total. The van der Waals surface area contributed by atoms with E-state index in [1.807, 2.05) is 33.7 Å². The van der Waals surface area contributed by atoms with Gasteiger partial charge in [0.2, 0.25) is 5.96 Å². The molecule has 0 radical (unpaired) electrons. The van der Waals surface area contributed by atoms with E-state index in [0.29, 0.717) is 5.25 Å². The van der Waals surface area contributed by atoms with Crippen molar-refractivity contribution in [2.24, 2.45) is 4.76 Å². The second-order valence-corrected chi connectivity index (χ2v) is 12.3. The Kier molecular flexibility index (Phi) is 6.95. The maximum Gasteiger partial charge on any atom is 0.313 e. The monoisotopic (exact) mass is 461 g/mol. The van der Waals surface area contributed by atoms with Gasteiger partial charge < -0.3 is 18.8 Å². The fourth-order valence-corrected chi connectivity index (χ4v) is 8.20. The molecule has 0 saturated carbocycles. The van der Waals surface area contributed by atoms with E-state index in [9.17, 15) is 0 Å². The molecule has 3 atom stereocenters. The van der Waals surface area contributed by atoms with Crippen LogP contribution in [0.15, 0.2) is 65.4 Å². The lowest BCUT2D eigenvalue weighted by Crippen LogP contribution is -2.36. The first kappa shape index (κ1) is 22.0. The molecular formula is C22H28N3O2PS2. The molecule has 2 aromatic carbocycles. The van der Waals surface area contributed by atoms with Crippen LogP contribution in [0.3, 0.4) is 0 Å². The molecule has 2 aliphatic rings. The van der Waals surface area contributed by atoms with Gasteiger partial charge in [-0.3, -0.25) is 0 Å². The van der Waals surface area contributed by atoms with Gasteiger partial charge in [-0.1, -0.05) is 58.0 Å². The summed E-state index contributed by atoms with van der Waals surface area (Å²) in [6.07, 6.45) is 0.0830. The Morgan fingerprint density at radius 1 is 0.967 bits per heavy atom. The zero-order chi connectivity index (χ0) is 21.1. The molecule has 5 nitrogen and oxygen atoms in total. The van der Waals surface area contributed by atoms with Crippen LogP contribution in [0.1, 0.15) is 20.8 Å². The number of guanidine groups is 1. The van der Waals surface area contributed by atoms with Gasteiger partial charge in [-0.2, -0.15) is 4.76 Å². The Bertz CT molecular complexity index is 820. The molecule has 2 unspecified atom stereocenters. The van der Waals surface area contributed by atoms with Crippen molar-refractivity contribution < 1.29 is 9.05 Å². The van der Waals surface area contributed by atoms with Crippen LogP contribution in [-0.2, 0) is 9.05 Å². The second-order valence-electron chi connectivity index (χ2n) is 7.81. The SMILES string of the molecule is COP(N=C1N(c2ccccc2)CCN1c1ccccc1)O[C@@H]1C(C)SSC1(C)C. The van der Waals surface area contributed by atoms with Gasteiger partial charge in [0.05, 0.1) is 6.10 Å². The van der Waals surface area contributed by atoms with Gasteiger partial charge >= 0.3 is 8.53 Å². The highest BCUT2D eigenvalue weighted by Crippen LogP contribution is 2.56. The van der Waals surface area contributed by atoms with Gasteiger partial charge in [0.1, 0.15) is 0 Å². The standard InChI is InChI=1S/C22H28N3O2PS2/c1-17-20(22(2,3)30-29-17)27-28(26-4)23-21-24(18-11-7-5-8-12-18)15-16-25(21)19-13-9-6-10-14-19/h5-14,17,20H,15-16H2,1-4H3/t17?,20-,28?/m1/s1. The number of rotatable bonds is 6. The summed E-state index contributed by atoms with van der Waals surface area (Å²) in [6, 6.07) is 20.8. The summed E-state index contributed by atoms with van der Waals surface area (Å²) >= 11 is 0. The number of hydrogen-bond acceptors (Lipinski definition) is 5. The molecule has 2 heterocycles. The van der Waals surface area contributed by atoms with E-state index in [1.165, 1.54) is 0 Å². The Morgan fingerprint density at radius 2 is 1.50 bits per heavy atom. The Morgan fingerprint density at radius 3 is 1.93 bits per heavy atom. The minimum absolute atomic E-state index is 0.0251. The molecule has 2 aliphatic heterocycles. The fourth-order valence-electron chi connectivity index (χ4n) is 3.71. The minimum Gasteiger partial charge on any atom is -0.320 e. The number of anilines is 2. The number of para-hydroxylation sites is 2. The summed E-state index contributed by atoms with van der Waals surface area (Å²) in [4.78, 5) is 4.49. The van der Waals surface area contributed by atoms with Crippen LogP contribution in [0.4, 0.5) is 11.4 Å². The van der Waals surface area contributed by atoms with Crippen molar-refractivity contribution in [3.05, 3.63) is 60.7 Å². The molecule has 0 bridgehead atoms. The van der Waals surface area contributed by atoms with Crippen molar-refractivity contribution in [3.8, 4) is 0 Å². The summed E-state index contributed by atoms with van der Waals surface area (Å²) < 4.78 is 17.3. The highest BCUT2D eigenvalue weighted by molar-refractivity contribution is 8.77. The van der Waals surface area contributed by atoms with E-state index in [-0.39, 0.29) is 10.9 Å². The number of benzene rings is 2. The zero-order valence-corrected chi connectivity index (χ0v) is 20.3. The number of hydrogen-bond donors (Lipinski definition) is 0. The molecule has 0 spiro atoms. The van der Waals surface area contributed by atoms with Crippen LogP contribution in [-0.4, -0.2) is 42.3 Å². The van der Waals surface area contributed by atoms with E-state index < -0.39 is 8.53 Å². The third-order valence-electron chi connectivity index (χ3n) is 5.22.